The van der Waals surface area contributed by atoms with E-state index in [0.29, 0.717) is 10.0 Å². The molecule has 3 rings (SSSR count). The number of halogens is 2. The van der Waals surface area contributed by atoms with Crippen LogP contribution in [0.3, 0.4) is 0 Å². The van der Waals surface area contributed by atoms with Gasteiger partial charge in [-0.25, -0.2) is 0 Å². The number of hydrogen-bond acceptors (Lipinski definition) is 1. The lowest BCUT2D eigenvalue weighted by Gasteiger charge is -2.07. The first kappa shape index (κ1) is 19.7. The second-order valence-corrected chi connectivity index (χ2v) is 7.60. The number of rotatable bonds is 6. The summed E-state index contributed by atoms with van der Waals surface area (Å²) in [4.78, 5) is 4.77. The summed E-state index contributed by atoms with van der Waals surface area (Å²) in [5.41, 5.74) is 6.97. The van der Waals surface area contributed by atoms with Crippen LogP contribution in [0.4, 0.5) is 5.69 Å². The topological polar surface area (TPSA) is 12.4 Å². The summed E-state index contributed by atoms with van der Waals surface area (Å²) in [6, 6.07) is 22.8. The second-order valence-electron chi connectivity index (χ2n) is 6.78. The van der Waals surface area contributed by atoms with Crippen LogP contribution in [0.1, 0.15) is 35.6 Å². The number of aryl methyl sites for hydroxylation is 3. The Hall–Kier alpha value is -2.09. The first-order chi connectivity index (χ1) is 13.0. The molecule has 0 spiro atoms. The van der Waals surface area contributed by atoms with E-state index in [1.54, 1.807) is 0 Å². The van der Waals surface area contributed by atoms with Gasteiger partial charge in [0.05, 0.1) is 15.7 Å². The van der Waals surface area contributed by atoms with E-state index in [-0.39, 0.29) is 0 Å². The Morgan fingerprint density at radius 1 is 0.815 bits per heavy atom. The summed E-state index contributed by atoms with van der Waals surface area (Å²) in [6.45, 7) is 4.15. The van der Waals surface area contributed by atoms with Crippen molar-refractivity contribution in [1.29, 1.82) is 0 Å². The summed E-state index contributed by atoms with van der Waals surface area (Å²) in [5.74, 6) is 0. The first-order valence-corrected chi connectivity index (χ1v) is 9.92. The van der Waals surface area contributed by atoms with E-state index in [2.05, 4.69) is 50.2 Å². The quantitative estimate of drug-likeness (QED) is 0.380. The summed E-state index contributed by atoms with van der Waals surface area (Å²) in [7, 11) is 0. The van der Waals surface area contributed by atoms with Crippen molar-refractivity contribution >= 4 is 34.6 Å². The summed E-state index contributed by atoms with van der Waals surface area (Å²) >= 11 is 12.1. The highest BCUT2D eigenvalue weighted by atomic mass is 35.5. The molecular formula is C24H23Cl2N. The molecule has 3 aromatic rings. The molecular weight excluding hydrogens is 373 g/mol. The highest BCUT2D eigenvalue weighted by Crippen LogP contribution is 2.23. The van der Waals surface area contributed by atoms with Gasteiger partial charge in [-0.05, 0) is 73.6 Å². The molecule has 3 heteroatoms. The normalized spacial score (nSPS) is 11.6. The molecule has 27 heavy (non-hydrogen) atoms. The number of benzene rings is 3. The predicted molar refractivity (Wildman–Crippen MR) is 118 cm³/mol. The molecule has 0 saturated heterocycles. The van der Waals surface area contributed by atoms with E-state index < -0.39 is 0 Å². The maximum atomic E-state index is 6.08. The molecule has 138 valence electrons. The molecule has 0 radical (unpaired) electrons. The van der Waals surface area contributed by atoms with Crippen LogP contribution >= 0.6 is 23.2 Å². The van der Waals surface area contributed by atoms with Gasteiger partial charge in [0.1, 0.15) is 0 Å². The fourth-order valence-electron chi connectivity index (χ4n) is 3.04. The molecule has 0 fully saturated rings. The van der Waals surface area contributed by atoms with E-state index in [9.17, 15) is 0 Å². The van der Waals surface area contributed by atoms with Gasteiger partial charge in [-0.3, -0.25) is 4.99 Å². The third-order valence-corrected chi connectivity index (χ3v) is 5.43. The Morgan fingerprint density at radius 3 is 2.19 bits per heavy atom. The largest absolute Gasteiger partial charge is 0.253 e. The predicted octanol–water partition coefficient (Wildman–Crippen LogP) is 7.62. The zero-order valence-electron chi connectivity index (χ0n) is 15.7. The number of hydrogen-bond donors (Lipinski definition) is 0. The van der Waals surface area contributed by atoms with Gasteiger partial charge >= 0.3 is 0 Å². The van der Waals surface area contributed by atoms with Crippen molar-refractivity contribution < 1.29 is 0 Å². The van der Waals surface area contributed by atoms with Crippen molar-refractivity contribution in [3.8, 4) is 0 Å². The van der Waals surface area contributed by atoms with Crippen molar-refractivity contribution in [3.05, 3.63) is 99.0 Å². The minimum atomic E-state index is 0.610. The van der Waals surface area contributed by atoms with E-state index in [0.717, 1.165) is 36.2 Å². The molecule has 0 atom stereocenters. The van der Waals surface area contributed by atoms with Crippen molar-refractivity contribution in [3.63, 3.8) is 0 Å². The molecule has 1 nitrogen and oxygen atoms in total. The molecule has 3 aromatic carbocycles. The first-order valence-electron chi connectivity index (χ1n) is 9.17. The molecule has 0 amide bonds. The number of aliphatic imine (C=N–C) groups is 1. The van der Waals surface area contributed by atoms with Gasteiger partial charge in [0, 0.05) is 5.71 Å². The lowest BCUT2D eigenvalue weighted by Crippen LogP contribution is -1.96. The molecule has 0 aliphatic rings. The molecule has 0 aliphatic carbocycles. The summed E-state index contributed by atoms with van der Waals surface area (Å²) < 4.78 is 0. The SMILES string of the molecule is CC(=Nc1ccccc1C)c1ccc(CCCc2ccc(Cl)c(Cl)c2)cc1. The average Bonchev–Trinajstić information content (AvgIpc) is 2.67. The van der Waals surface area contributed by atoms with E-state index in [4.69, 9.17) is 28.2 Å². The van der Waals surface area contributed by atoms with Crippen LogP contribution in [0.15, 0.2) is 71.7 Å². The molecule has 0 aromatic heterocycles. The second kappa shape index (κ2) is 9.21. The van der Waals surface area contributed by atoms with Crippen LogP contribution in [-0.2, 0) is 12.8 Å². The maximum Gasteiger partial charge on any atom is 0.0662 e. The van der Waals surface area contributed by atoms with E-state index in [1.165, 1.54) is 16.7 Å². The number of nitrogens with zero attached hydrogens (tertiary/aromatic N) is 1. The lowest BCUT2D eigenvalue weighted by molar-refractivity contribution is 0.821. The summed E-state index contributed by atoms with van der Waals surface area (Å²) in [5, 5.41) is 1.24. The van der Waals surface area contributed by atoms with Crippen molar-refractivity contribution in [1.82, 2.24) is 0 Å². The molecule has 0 N–H and O–H groups in total. The molecule has 0 bridgehead atoms. The van der Waals surface area contributed by atoms with Crippen LogP contribution in [0.25, 0.3) is 0 Å². The lowest BCUT2D eigenvalue weighted by atomic mass is 10.0. The van der Waals surface area contributed by atoms with E-state index >= 15 is 0 Å². The van der Waals surface area contributed by atoms with Crippen molar-refractivity contribution in [2.45, 2.75) is 33.1 Å². The van der Waals surface area contributed by atoms with Gasteiger partial charge in [0.25, 0.3) is 0 Å². The minimum absolute atomic E-state index is 0.610. The van der Waals surface area contributed by atoms with Gasteiger partial charge in [-0.15, -0.1) is 0 Å². The zero-order chi connectivity index (χ0) is 19.2. The fraction of sp³-hybridized carbons (Fsp3) is 0.208. The highest BCUT2D eigenvalue weighted by Gasteiger charge is 2.03. The zero-order valence-corrected chi connectivity index (χ0v) is 17.2. The molecule has 0 aliphatic heterocycles. The van der Waals surface area contributed by atoms with Crippen molar-refractivity contribution in [2.75, 3.05) is 0 Å². The van der Waals surface area contributed by atoms with Crippen LogP contribution in [0, 0.1) is 6.92 Å². The Morgan fingerprint density at radius 2 is 1.48 bits per heavy atom. The smallest absolute Gasteiger partial charge is 0.0662 e. The fourth-order valence-corrected chi connectivity index (χ4v) is 3.36. The average molecular weight is 396 g/mol. The van der Waals surface area contributed by atoms with Crippen LogP contribution in [0.2, 0.25) is 10.0 Å². The molecule has 0 unspecified atom stereocenters. The third-order valence-electron chi connectivity index (χ3n) is 4.69. The van der Waals surface area contributed by atoms with E-state index in [1.807, 2.05) is 30.3 Å². The van der Waals surface area contributed by atoms with Gasteiger partial charge in [0.15, 0.2) is 0 Å². The van der Waals surface area contributed by atoms with Gasteiger partial charge in [-0.2, -0.15) is 0 Å². The maximum absolute atomic E-state index is 6.08. The standard InChI is InChI=1S/C24H23Cl2N/c1-17-6-3-4-9-24(17)27-18(2)21-13-10-19(11-14-21)7-5-8-20-12-15-22(25)23(26)16-20/h3-4,6,9-16H,5,7-8H2,1-2H3. The highest BCUT2D eigenvalue weighted by molar-refractivity contribution is 6.42. The van der Waals surface area contributed by atoms with Gasteiger partial charge < -0.3 is 0 Å². The Kier molecular flexibility index (Phi) is 6.71. The van der Waals surface area contributed by atoms with Crippen LogP contribution in [-0.4, -0.2) is 5.71 Å². The Bertz CT molecular complexity index is 943. The number of para-hydroxylation sites is 1. The Labute approximate surface area is 171 Å². The summed E-state index contributed by atoms with van der Waals surface area (Å²) in [6.07, 6.45) is 3.11. The van der Waals surface area contributed by atoms with Gasteiger partial charge in [0.2, 0.25) is 0 Å². The van der Waals surface area contributed by atoms with Crippen LogP contribution < -0.4 is 0 Å². The third kappa shape index (κ3) is 5.45. The minimum Gasteiger partial charge on any atom is -0.253 e. The van der Waals surface area contributed by atoms with Crippen molar-refractivity contribution in [2.24, 2.45) is 4.99 Å². The van der Waals surface area contributed by atoms with Gasteiger partial charge in [-0.1, -0.05) is 71.7 Å². The molecule has 0 heterocycles. The monoisotopic (exact) mass is 395 g/mol. The molecule has 0 saturated carbocycles. The Balaban J connectivity index is 1.60. The van der Waals surface area contributed by atoms with Crippen LogP contribution in [0.5, 0.6) is 0 Å².